The molecule has 1 aliphatic heterocycles. The third-order valence-corrected chi connectivity index (χ3v) is 7.00. The Kier molecular flexibility index (Phi) is 6.05. The lowest BCUT2D eigenvalue weighted by molar-refractivity contribution is 0.178. The first-order chi connectivity index (χ1) is 18.0. The molecule has 0 atom stereocenters. The van der Waals surface area contributed by atoms with Gasteiger partial charge in [-0.1, -0.05) is 12.1 Å². The first-order valence-corrected chi connectivity index (χ1v) is 12.4. The molecule has 0 unspecified atom stereocenters. The molecule has 37 heavy (non-hydrogen) atoms. The van der Waals surface area contributed by atoms with E-state index in [1.54, 1.807) is 18.3 Å². The smallest absolute Gasteiger partial charge is 0.220 e. The van der Waals surface area contributed by atoms with Gasteiger partial charge in [0.1, 0.15) is 5.82 Å². The second kappa shape index (κ2) is 9.67. The molecule has 1 aliphatic rings. The van der Waals surface area contributed by atoms with Crippen molar-refractivity contribution in [3.05, 3.63) is 84.3 Å². The lowest BCUT2D eigenvalue weighted by atomic mass is 10.0. The van der Waals surface area contributed by atoms with Gasteiger partial charge in [0.05, 0.1) is 45.8 Å². The summed E-state index contributed by atoms with van der Waals surface area (Å²) in [6.07, 6.45) is 5.42. The highest BCUT2D eigenvalue weighted by Gasteiger charge is 2.26. The number of fused-ring (bicyclic) bond motifs is 1. The van der Waals surface area contributed by atoms with Crippen LogP contribution in [-0.2, 0) is 6.54 Å². The lowest BCUT2D eigenvalue weighted by Crippen LogP contribution is -2.34. The predicted octanol–water partition coefficient (Wildman–Crippen LogP) is 4.82. The molecular weight excluding hydrogens is 467 g/mol. The van der Waals surface area contributed by atoms with E-state index >= 15 is 0 Å². The standard InChI is InChI=1S/C28H27FN8/c1-18-25(34-23-5-3-2-4-22(23)33-18)16-36-14-11-21(12-15-36)37-17-32-26(19-6-8-20(29)9-7-19)27(37)24-10-13-31-28(30)35-24/h2-10,13,17,21H,11-12,14-16H2,1H3,(H2,30,31,35). The van der Waals surface area contributed by atoms with Gasteiger partial charge in [-0.25, -0.2) is 29.3 Å². The Bertz CT molecular complexity index is 1550. The molecule has 0 saturated carbocycles. The van der Waals surface area contributed by atoms with Crippen molar-refractivity contribution >= 4 is 17.0 Å². The number of nitrogens with two attached hydrogens (primary N) is 1. The average Bonchev–Trinajstić information content (AvgIpc) is 3.35. The van der Waals surface area contributed by atoms with Crippen LogP contribution in [0.1, 0.15) is 30.3 Å². The van der Waals surface area contributed by atoms with Crippen LogP contribution in [0.3, 0.4) is 0 Å². The number of rotatable bonds is 5. The summed E-state index contributed by atoms with van der Waals surface area (Å²) < 4.78 is 15.8. The quantitative estimate of drug-likeness (QED) is 0.374. The van der Waals surface area contributed by atoms with Gasteiger partial charge in [0.25, 0.3) is 0 Å². The summed E-state index contributed by atoms with van der Waals surface area (Å²) >= 11 is 0. The van der Waals surface area contributed by atoms with Gasteiger partial charge in [-0.15, -0.1) is 0 Å². The Morgan fingerprint density at radius 1 is 0.919 bits per heavy atom. The van der Waals surface area contributed by atoms with Crippen LogP contribution in [0.4, 0.5) is 10.3 Å². The largest absolute Gasteiger partial charge is 0.368 e. The van der Waals surface area contributed by atoms with Crippen LogP contribution in [0.5, 0.6) is 0 Å². The molecule has 0 aliphatic carbocycles. The molecular formula is C28H27FN8. The van der Waals surface area contributed by atoms with Gasteiger partial charge in [0.15, 0.2) is 0 Å². The van der Waals surface area contributed by atoms with Crippen molar-refractivity contribution in [3.8, 4) is 22.6 Å². The number of hydrogen-bond donors (Lipinski definition) is 1. The summed E-state index contributed by atoms with van der Waals surface area (Å²) in [4.78, 5) is 25.3. The molecule has 1 saturated heterocycles. The SMILES string of the molecule is Cc1nc2ccccc2nc1CN1CCC(n2cnc(-c3ccc(F)cc3)c2-c2ccnc(N)n2)CC1. The topological polar surface area (TPSA) is 98.6 Å². The first kappa shape index (κ1) is 23.2. The molecule has 2 aromatic carbocycles. The number of anilines is 1. The molecule has 186 valence electrons. The van der Waals surface area contributed by atoms with E-state index in [0.717, 1.165) is 71.8 Å². The normalized spacial score (nSPS) is 14.9. The molecule has 2 N–H and O–H groups in total. The number of hydrogen-bond acceptors (Lipinski definition) is 7. The summed E-state index contributed by atoms with van der Waals surface area (Å²) in [5.41, 5.74) is 12.9. The molecule has 4 heterocycles. The maximum atomic E-state index is 13.6. The highest BCUT2D eigenvalue weighted by Crippen LogP contribution is 2.35. The second-order valence-corrected chi connectivity index (χ2v) is 9.41. The molecule has 0 radical (unpaired) electrons. The zero-order chi connectivity index (χ0) is 25.4. The second-order valence-electron chi connectivity index (χ2n) is 9.41. The summed E-state index contributed by atoms with van der Waals surface area (Å²) in [6.45, 7) is 4.65. The van der Waals surface area contributed by atoms with Crippen molar-refractivity contribution in [1.29, 1.82) is 0 Å². The fourth-order valence-electron chi connectivity index (χ4n) is 5.06. The average molecular weight is 495 g/mol. The zero-order valence-electron chi connectivity index (χ0n) is 20.5. The maximum Gasteiger partial charge on any atom is 0.220 e. The number of aromatic nitrogens is 6. The number of imidazole rings is 1. The molecule has 1 fully saturated rings. The number of likely N-dealkylation sites (tertiary alicyclic amines) is 1. The van der Waals surface area contributed by atoms with Crippen LogP contribution in [0.15, 0.2) is 67.1 Å². The minimum Gasteiger partial charge on any atom is -0.368 e. The van der Waals surface area contributed by atoms with E-state index in [4.69, 9.17) is 20.7 Å². The van der Waals surface area contributed by atoms with Gasteiger partial charge in [0, 0.05) is 37.4 Å². The summed E-state index contributed by atoms with van der Waals surface area (Å²) in [6, 6.07) is 16.5. The fourth-order valence-corrected chi connectivity index (χ4v) is 5.06. The molecule has 6 rings (SSSR count). The lowest BCUT2D eigenvalue weighted by Gasteiger charge is -2.33. The number of aryl methyl sites for hydroxylation is 1. The molecule has 9 heteroatoms. The van der Waals surface area contributed by atoms with Gasteiger partial charge in [0.2, 0.25) is 5.95 Å². The number of piperidine rings is 1. The first-order valence-electron chi connectivity index (χ1n) is 12.4. The van der Waals surface area contributed by atoms with Crippen LogP contribution < -0.4 is 5.73 Å². The molecule has 0 amide bonds. The monoisotopic (exact) mass is 494 g/mol. The molecule has 0 bridgehead atoms. The fraction of sp³-hybridized carbons (Fsp3) is 0.250. The Morgan fingerprint density at radius 3 is 2.38 bits per heavy atom. The van der Waals surface area contributed by atoms with E-state index in [1.165, 1.54) is 12.1 Å². The minimum absolute atomic E-state index is 0.206. The van der Waals surface area contributed by atoms with Crippen LogP contribution in [0.2, 0.25) is 0 Å². The van der Waals surface area contributed by atoms with E-state index in [2.05, 4.69) is 19.4 Å². The van der Waals surface area contributed by atoms with Crippen molar-refractivity contribution in [2.24, 2.45) is 0 Å². The summed E-state index contributed by atoms with van der Waals surface area (Å²) in [5, 5.41) is 0. The van der Waals surface area contributed by atoms with Gasteiger partial charge in [-0.3, -0.25) is 4.90 Å². The Balaban J connectivity index is 1.25. The van der Waals surface area contributed by atoms with E-state index in [-0.39, 0.29) is 17.8 Å². The Morgan fingerprint density at radius 2 is 1.65 bits per heavy atom. The van der Waals surface area contributed by atoms with Crippen LogP contribution in [-0.4, -0.2) is 47.5 Å². The number of halogens is 1. The van der Waals surface area contributed by atoms with E-state index in [1.807, 2.05) is 43.6 Å². The van der Waals surface area contributed by atoms with Crippen LogP contribution in [0.25, 0.3) is 33.7 Å². The molecule has 8 nitrogen and oxygen atoms in total. The van der Waals surface area contributed by atoms with Crippen molar-refractivity contribution < 1.29 is 4.39 Å². The van der Waals surface area contributed by atoms with E-state index in [9.17, 15) is 4.39 Å². The highest BCUT2D eigenvalue weighted by atomic mass is 19.1. The van der Waals surface area contributed by atoms with Crippen molar-refractivity contribution in [3.63, 3.8) is 0 Å². The summed E-state index contributed by atoms with van der Waals surface area (Å²) in [5.74, 6) is -0.0771. The Hall–Kier alpha value is -4.24. The third kappa shape index (κ3) is 4.65. The van der Waals surface area contributed by atoms with Gasteiger partial charge >= 0.3 is 0 Å². The number of nitrogen functional groups attached to an aromatic ring is 1. The maximum absolute atomic E-state index is 13.6. The van der Waals surface area contributed by atoms with Crippen molar-refractivity contribution in [1.82, 2.24) is 34.4 Å². The van der Waals surface area contributed by atoms with E-state index < -0.39 is 0 Å². The van der Waals surface area contributed by atoms with Crippen LogP contribution in [0, 0.1) is 12.7 Å². The molecule has 3 aromatic heterocycles. The zero-order valence-corrected chi connectivity index (χ0v) is 20.5. The highest BCUT2D eigenvalue weighted by molar-refractivity contribution is 5.77. The minimum atomic E-state index is -0.283. The van der Waals surface area contributed by atoms with E-state index in [0.29, 0.717) is 5.69 Å². The molecule has 0 spiro atoms. The summed E-state index contributed by atoms with van der Waals surface area (Å²) in [7, 11) is 0. The van der Waals surface area contributed by atoms with Crippen molar-refractivity contribution in [2.45, 2.75) is 32.4 Å². The number of nitrogens with zero attached hydrogens (tertiary/aromatic N) is 7. The van der Waals surface area contributed by atoms with Gasteiger partial charge < -0.3 is 10.3 Å². The molecule has 5 aromatic rings. The van der Waals surface area contributed by atoms with Gasteiger partial charge in [-0.05, 0) is 62.2 Å². The predicted molar refractivity (Wildman–Crippen MR) is 141 cm³/mol. The third-order valence-electron chi connectivity index (χ3n) is 7.00. The van der Waals surface area contributed by atoms with Crippen LogP contribution >= 0.6 is 0 Å². The number of benzene rings is 2. The van der Waals surface area contributed by atoms with Gasteiger partial charge in [-0.2, -0.15) is 0 Å². The number of para-hydroxylation sites is 2. The van der Waals surface area contributed by atoms with Crippen molar-refractivity contribution in [2.75, 3.05) is 18.8 Å². The Labute approximate surface area is 214 Å².